The lowest BCUT2D eigenvalue weighted by molar-refractivity contribution is -0.125. The van der Waals surface area contributed by atoms with Crippen LogP contribution < -0.4 is 25.8 Å². The summed E-state index contributed by atoms with van der Waals surface area (Å²) in [6.45, 7) is 2.10. The average molecular weight is 1900 g/mol. The molecular weight excluding hydrogens is 1810 g/mol. The largest absolute Gasteiger partial charge is 0.507 e. The molecule has 7 heterocycles. The molecule has 38 heteroatoms. The lowest BCUT2D eigenvalue weighted by atomic mass is 9.84. The number of aromatic nitrogens is 5. The lowest BCUT2D eigenvalue weighted by Gasteiger charge is -2.41. The normalized spacial score (nSPS) is 17.8. The number of anilines is 3. The highest BCUT2D eigenvalue weighted by atomic mass is 32.2. The van der Waals surface area contributed by atoms with Crippen LogP contribution >= 0.6 is 0 Å². The van der Waals surface area contributed by atoms with E-state index in [2.05, 4.69) is 20.1 Å². The zero-order valence-corrected chi connectivity index (χ0v) is 75.0. The summed E-state index contributed by atoms with van der Waals surface area (Å²) in [5.41, 5.74) is 3.03. The van der Waals surface area contributed by atoms with E-state index < -0.39 is 167 Å². The van der Waals surface area contributed by atoms with E-state index in [1.165, 1.54) is 94.7 Å². The number of nitrogens with one attached hydrogen (secondary N) is 1. The molecule has 3 N–H and O–H groups in total. The first-order valence-electron chi connectivity index (χ1n) is 43.6. The van der Waals surface area contributed by atoms with E-state index >= 15 is 0 Å². The summed E-state index contributed by atoms with van der Waals surface area (Å²) in [6.07, 6.45) is 23.7. The molecule has 25 nitrogen and oxygen atoms in total. The number of phenols is 1. The van der Waals surface area contributed by atoms with E-state index in [-0.39, 0.29) is 80.9 Å². The van der Waals surface area contributed by atoms with Gasteiger partial charge in [0.1, 0.15) is 41.1 Å². The molecule has 0 spiro atoms. The van der Waals surface area contributed by atoms with Crippen molar-refractivity contribution >= 4 is 92.4 Å². The molecule has 3 aliphatic carbocycles. The van der Waals surface area contributed by atoms with Gasteiger partial charge in [0.25, 0.3) is 11.1 Å². The molecule has 0 radical (unpaired) electrons. The minimum atomic E-state index is -5.17. The van der Waals surface area contributed by atoms with Gasteiger partial charge in [-0.2, -0.15) is 18.0 Å². The fraction of sp³-hybridized carbons (Fsp3) is 0.358. The van der Waals surface area contributed by atoms with E-state index in [4.69, 9.17) is 0 Å². The van der Waals surface area contributed by atoms with Gasteiger partial charge in [-0.15, -0.1) is 0 Å². The van der Waals surface area contributed by atoms with Crippen LogP contribution in [0.3, 0.4) is 0 Å². The first-order chi connectivity index (χ1) is 63.3. The van der Waals surface area contributed by atoms with Gasteiger partial charge < -0.3 is 29.9 Å². The summed E-state index contributed by atoms with van der Waals surface area (Å²) in [7, 11) is -13.5. The van der Waals surface area contributed by atoms with Crippen LogP contribution in [0.1, 0.15) is 194 Å². The minimum Gasteiger partial charge on any atom is -0.507 e. The Morgan fingerprint density at radius 2 is 0.820 bits per heavy atom. The number of aromatic amines is 1. The van der Waals surface area contributed by atoms with Gasteiger partial charge in [0, 0.05) is 84.7 Å². The van der Waals surface area contributed by atoms with Crippen molar-refractivity contribution in [1.29, 1.82) is 0 Å². The molecular formula is C95H93F10N11O14S3. The third-order valence-corrected chi connectivity index (χ3v) is 31.8. The maximum absolute atomic E-state index is 14.9. The summed E-state index contributed by atoms with van der Waals surface area (Å²) in [4.78, 5) is 89.4. The third-order valence-electron chi connectivity index (χ3n) is 26.0. The van der Waals surface area contributed by atoms with Gasteiger partial charge in [0.05, 0.1) is 42.6 Å². The van der Waals surface area contributed by atoms with Gasteiger partial charge in [-0.3, -0.25) is 33.9 Å². The Kier molecular flexibility index (Phi) is 28.2. The highest BCUT2D eigenvalue weighted by molar-refractivity contribution is 7.89. The highest BCUT2D eigenvalue weighted by Crippen LogP contribution is 2.43. The van der Waals surface area contributed by atoms with Gasteiger partial charge in [0.15, 0.2) is 61.2 Å². The number of aromatic carboxylic acids is 1. The molecule has 3 aliphatic heterocycles. The van der Waals surface area contributed by atoms with Crippen LogP contribution in [0.2, 0.25) is 0 Å². The quantitative estimate of drug-likeness (QED) is 0.0419. The molecule has 6 aliphatic rings. The number of sulfonamides is 3. The number of benzene rings is 7. The number of fused-ring (bicyclic) bond motifs is 2. The van der Waals surface area contributed by atoms with E-state index in [0.717, 1.165) is 108 Å². The van der Waals surface area contributed by atoms with Gasteiger partial charge in [-0.1, -0.05) is 94.2 Å². The van der Waals surface area contributed by atoms with Crippen molar-refractivity contribution in [3.63, 3.8) is 0 Å². The smallest absolute Gasteiger partial charge is 0.339 e. The van der Waals surface area contributed by atoms with Gasteiger partial charge in [-0.05, 0) is 214 Å². The van der Waals surface area contributed by atoms with Crippen molar-refractivity contribution in [3.8, 4) is 5.75 Å². The molecule has 3 saturated carbocycles. The number of H-pyrrole nitrogens is 1. The maximum Gasteiger partial charge on any atom is 0.339 e. The van der Waals surface area contributed by atoms with Crippen molar-refractivity contribution in [2.45, 2.75) is 207 Å². The van der Waals surface area contributed by atoms with Gasteiger partial charge in [-0.25, -0.2) is 78.6 Å². The van der Waals surface area contributed by atoms with Crippen LogP contribution in [0.25, 0.3) is 21.5 Å². The molecule has 6 fully saturated rings. The van der Waals surface area contributed by atoms with Gasteiger partial charge in [0.2, 0.25) is 47.8 Å². The SMILES string of the molecule is Cc1c(F)c(F)c(S(=O)(=O)N2CC[C@@H]2C(=O)N(Cc2ccc(C3CCCCC3)cn2)c2ccc3c(=O)[nH]ccc3c2)c(F)c1F.Cc1cc(F)c(F)c(S(=O)(=O)N2CC[C@@H]2C(=O)N(Cc2ccc(C3CCCCC3)cc2)c2ccc(C(=O)O)c(O)c2)c1F.Cc1cc(F)c(F)c(S(=O)(=O)N2CC[C@@H]2C(=O)N(Cc2ccc(C3CCCCC3)cn2)c2ccc3c(=O)n(C)ncc3c2)c1F. The number of amides is 3. The molecule has 3 amide bonds. The molecule has 7 aromatic carbocycles. The van der Waals surface area contributed by atoms with Crippen LogP contribution in [0, 0.1) is 78.9 Å². The van der Waals surface area contributed by atoms with E-state index in [1.54, 1.807) is 48.8 Å². The van der Waals surface area contributed by atoms with Crippen molar-refractivity contribution in [2.75, 3.05) is 34.3 Å². The Hall–Kier alpha value is -12.1. The fourth-order valence-corrected chi connectivity index (χ4v) is 23.5. The number of rotatable bonds is 22. The second kappa shape index (κ2) is 39.2. The van der Waals surface area contributed by atoms with Gasteiger partial charge >= 0.3 is 5.97 Å². The van der Waals surface area contributed by atoms with Crippen LogP contribution in [0.5, 0.6) is 5.75 Å². The van der Waals surface area contributed by atoms with E-state index in [1.807, 2.05) is 42.5 Å². The highest BCUT2D eigenvalue weighted by Gasteiger charge is 2.51. The first kappa shape index (κ1) is 95.5. The number of hydrogen-bond donors (Lipinski definition) is 3. The molecule has 700 valence electrons. The van der Waals surface area contributed by atoms with Crippen molar-refractivity contribution in [3.05, 3.63) is 281 Å². The standard InChI is InChI=1S/C32H30F4N4O4S.C32H32F3N5O4S.C31H31F3N2O6S/c1-18-26(33)28(35)30(29(36)27(18)34)45(43,44)40-14-12-25(40)32(42)39(23-9-10-24-20(15-23)11-13-37-31(24)41)17-22-8-7-21(16-38-22)19-5-3-2-4-6-19;1-19-14-26(33)29(35)30(28(19)34)45(43,44)40-13-12-27(40)32(42)39(24-10-11-25-22(15-24)17-37-38(2)31(25)41)18-23-9-8-21(16-36-23)20-6-4-3-5-7-20;1-18-15-24(32)28(34)29(27(18)33)43(41,42)36-14-13-25(36)30(38)35(22-11-12-23(31(39)40)26(37)16-22)17-19-7-9-21(10-8-19)20-5-3-2-4-6-20/h7-11,13,15-16,19,25H,2-6,12,14,17H2,1H3,(H,37,41);8-11,14-17,20,27H,3-7,12-13,18H2,1-2H3;7-12,15-16,20,25,37H,2-6,13-14,17H2,1H3,(H,39,40)/t25-;27-;25-/m111/s1. The van der Waals surface area contributed by atoms with Crippen LogP contribution in [-0.2, 0) is 71.1 Å². The summed E-state index contributed by atoms with van der Waals surface area (Å²) in [6, 6.07) is 26.8. The molecule has 17 rings (SSSR count). The fourth-order valence-electron chi connectivity index (χ4n) is 18.1. The Balaban J connectivity index is 0.000000152. The number of nitrogens with zero attached hydrogens (tertiary/aromatic N) is 10. The number of carboxylic acid groups (broad SMARTS) is 1. The number of hydrogen-bond acceptors (Lipinski definition) is 16. The Morgan fingerprint density at radius 1 is 0.429 bits per heavy atom. The number of aromatic hydroxyl groups is 1. The van der Waals surface area contributed by atoms with Crippen LogP contribution in [0.4, 0.5) is 61.0 Å². The number of aryl methyl sites for hydroxylation is 3. The molecule has 4 aromatic heterocycles. The number of pyridine rings is 3. The Bertz CT molecular complexity index is 6810. The number of halogens is 10. The Morgan fingerprint density at radius 3 is 1.23 bits per heavy atom. The monoisotopic (exact) mass is 1900 g/mol. The van der Waals surface area contributed by atoms with Crippen LogP contribution in [-0.4, -0.2) is 135 Å². The van der Waals surface area contributed by atoms with Crippen molar-refractivity contribution in [2.24, 2.45) is 7.05 Å². The van der Waals surface area contributed by atoms with E-state index in [0.29, 0.717) is 92.7 Å². The molecule has 0 bridgehead atoms. The lowest BCUT2D eigenvalue weighted by Crippen LogP contribution is -2.59. The topological polar surface area (TPSA) is 324 Å². The van der Waals surface area contributed by atoms with E-state index in [9.17, 15) is 108 Å². The second-order valence-electron chi connectivity index (χ2n) is 34.4. The minimum absolute atomic E-state index is 0.00404. The first-order valence-corrected chi connectivity index (χ1v) is 47.9. The summed E-state index contributed by atoms with van der Waals surface area (Å²) < 4.78 is 229. The summed E-state index contributed by atoms with van der Waals surface area (Å²) >= 11 is 0. The van der Waals surface area contributed by atoms with Crippen molar-refractivity contribution < 1.29 is 98.5 Å². The number of carbonyl (C=O) groups excluding carboxylic acids is 3. The zero-order valence-electron chi connectivity index (χ0n) is 72.6. The zero-order chi connectivity index (χ0) is 95.1. The predicted octanol–water partition coefficient (Wildman–Crippen LogP) is 16.8. The molecule has 3 atom stereocenters. The average Bonchev–Trinajstić information content (AvgIpc) is 0.744. The van der Waals surface area contributed by atoms with Crippen LogP contribution in [0.15, 0.2) is 170 Å². The predicted molar refractivity (Wildman–Crippen MR) is 473 cm³/mol. The second-order valence-corrected chi connectivity index (χ2v) is 39.8. The summed E-state index contributed by atoms with van der Waals surface area (Å²) in [5, 5.41) is 25.5. The number of carbonyl (C=O) groups is 4. The number of carboxylic acids is 1. The maximum atomic E-state index is 14.9. The molecule has 11 aromatic rings. The summed E-state index contributed by atoms with van der Waals surface area (Å²) in [5.74, 6) is -20.2. The molecule has 3 saturated heterocycles. The molecule has 133 heavy (non-hydrogen) atoms. The third kappa shape index (κ3) is 19.2. The van der Waals surface area contributed by atoms with Crippen molar-refractivity contribution in [1.82, 2.24) is 37.6 Å². The Labute approximate surface area is 758 Å². The molecule has 0 unspecified atom stereocenters.